The fourth-order valence-corrected chi connectivity index (χ4v) is 2.57. The summed E-state index contributed by atoms with van der Waals surface area (Å²) >= 11 is 0. The number of ether oxygens (including phenoxy) is 1. The van der Waals surface area contributed by atoms with E-state index in [2.05, 4.69) is 31.0 Å². The van der Waals surface area contributed by atoms with Crippen LogP contribution < -0.4 is 5.32 Å². The summed E-state index contributed by atoms with van der Waals surface area (Å²) in [4.78, 5) is 2.59. The predicted molar refractivity (Wildman–Crippen MR) is 73.4 cm³/mol. The Morgan fingerprint density at radius 3 is 2.47 bits per heavy atom. The molecule has 102 valence electrons. The van der Waals surface area contributed by atoms with Crippen LogP contribution in [0.5, 0.6) is 0 Å². The van der Waals surface area contributed by atoms with Crippen molar-refractivity contribution in [3.8, 4) is 0 Å². The van der Waals surface area contributed by atoms with Crippen molar-refractivity contribution >= 4 is 0 Å². The molecule has 1 aliphatic rings. The Bertz CT molecular complexity index is 198. The Kier molecular flexibility index (Phi) is 6.45. The third-order valence-electron chi connectivity index (χ3n) is 3.55. The Balaban J connectivity index is 2.23. The quantitative estimate of drug-likeness (QED) is 0.692. The van der Waals surface area contributed by atoms with Crippen LogP contribution in [0.25, 0.3) is 0 Å². The van der Waals surface area contributed by atoms with Crippen molar-refractivity contribution in [3.63, 3.8) is 0 Å². The van der Waals surface area contributed by atoms with E-state index in [-0.39, 0.29) is 0 Å². The highest BCUT2D eigenvalue weighted by atomic mass is 16.5. The van der Waals surface area contributed by atoms with Gasteiger partial charge in [0.2, 0.25) is 0 Å². The van der Waals surface area contributed by atoms with Gasteiger partial charge in [0, 0.05) is 33.3 Å². The predicted octanol–water partition coefficient (Wildman–Crippen LogP) is 2.12. The largest absolute Gasteiger partial charge is 0.381 e. The van der Waals surface area contributed by atoms with Gasteiger partial charge in [0.15, 0.2) is 0 Å². The van der Waals surface area contributed by atoms with Crippen LogP contribution in [0.2, 0.25) is 0 Å². The topological polar surface area (TPSA) is 24.5 Å². The highest BCUT2D eigenvalue weighted by molar-refractivity contribution is 4.80. The second kappa shape index (κ2) is 7.34. The number of nitrogens with one attached hydrogen (secondary N) is 1. The molecule has 17 heavy (non-hydrogen) atoms. The highest BCUT2D eigenvalue weighted by Gasteiger charge is 2.25. The highest BCUT2D eigenvalue weighted by Crippen LogP contribution is 2.20. The zero-order valence-corrected chi connectivity index (χ0v) is 12.1. The van der Waals surface area contributed by atoms with Crippen LogP contribution in [0.4, 0.5) is 0 Å². The lowest BCUT2D eigenvalue weighted by molar-refractivity contribution is 0.0300. The number of methoxy groups -OCH3 is 1. The molecular formula is C14H30N2O. The molecule has 0 unspecified atom stereocenters. The molecule has 0 saturated carbocycles. The smallest absolute Gasteiger partial charge is 0.0595 e. The van der Waals surface area contributed by atoms with Crippen LogP contribution in [-0.4, -0.2) is 50.8 Å². The Morgan fingerprint density at radius 1 is 1.29 bits per heavy atom. The van der Waals surface area contributed by atoms with Crippen LogP contribution in [0.3, 0.4) is 0 Å². The average Bonchev–Trinajstić information content (AvgIpc) is 2.30. The summed E-state index contributed by atoms with van der Waals surface area (Å²) in [7, 11) is 1.83. The van der Waals surface area contributed by atoms with E-state index in [0.29, 0.717) is 11.5 Å². The molecule has 1 heterocycles. The maximum absolute atomic E-state index is 5.41. The van der Waals surface area contributed by atoms with Crippen molar-refractivity contribution in [2.45, 2.75) is 46.1 Å². The molecule has 1 rings (SSSR count). The molecule has 3 heteroatoms. The Hall–Kier alpha value is -0.120. The molecule has 3 nitrogen and oxygen atoms in total. The number of piperidine rings is 1. The van der Waals surface area contributed by atoms with Gasteiger partial charge in [0.1, 0.15) is 0 Å². The minimum atomic E-state index is 0.370. The van der Waals surface area contributed by atoms with Gasteiger partial charge in [-0.25, -0.2) is 0 Å². The summed E-state index contributed by atoms with van der Waals surface area (Å²) in [5.41, 5.74) is 0.370. The molecule has 0 aromatic carbocycles. The fraction of sp³-hybridized carbons (Fsp3) is 1.00. The molecule has 0 aromatic rings. The number of hydrogen-bond donors (Lipinski definition) is 1. The van der Waals surface area contributed by atoms with Gasteiger partial charge in [-0.15, -0.1) is 0 Å². The van der Waals surface area contributed by atoms with Gasteiger partial charge in [-0.2, -0.15) is 0 Å². The first-order valence-electron chi connectivity index (χ1n) is 7.03. The van der Waals surface area contributed by atoms with Crippen LogP contribution in [0.1, 0.15) is 40.0 Å². The molecule has 1 aliphatic heterocycles. The Labute approximate surface area is 107 Å². The second-order valence-corrected chi connectivity index (χ2v) is 6.05. The van der Waals surface area contributed by atoms with Crippen molar-refractivity contribution in [1.29, 1.82) is 0 Å². The molecule has 0 aromatic heterocycles. The van der Waals surface area contributed by atoms with E-state index in [1.54, 1.807) is 0 Å². The van der Waals surface area contributed by atoms with Gasteiger partial charge in [-0.3, -0.25) is 0 Å². The maximum Gasteiger partial charge on any atom is 0.0595 e. The summed E-state index contributed by atoms with van der Waals surface area (Å²) in [5, 5.41) is 3.53. The number of nitrogens with zero attached hydrogens (tertiary/aromatic N) is 1. The SMILES string of the molecule is CCCNCC(C)(C)CN1CCC(OC)CC1. The zero-order valence-electron chi connectivity index (χ0n) is 12.1. The van der Waals surface area contributed by atoms with Crippen LogP contribution in [0.15, 0.2) is 0 Å². The van der Waals surface area contributed by atoms with E-state index in [1.807, 2.05) is 7.11 Å². The third kappa shape index (κ3) is 5.84. The van der Waals surface area contributed by atoms with Crippen molar-refractivity contribution in [2.75, 3.05) is 39.8 Å². The molecule has 0 amide bonds. The van der Waals surface area contributed by atoms with E-state index in [4.69, 9.17) is 4.74 Å². The standard InChI is InChI=1S/C14H30N2O/c1-5-8-15-11-14(2,3)12-16-9-6-13(17-4)7-10-16/h13,15H,5-12H2,1-4H3. The lowest BCUT2D eigenvalue weighted by Gasteiger charge is -2.37. The third-order valence-corrected chi connectivity index (χ3v) is 3.55. The van der Waals surface area contributed by atoms with Crippen molar-refractivity contribution < 1.29 is 4.74 Å². The van der Waals surface area contributed by atoms with Crippen molar-refractivity contribution in [2.24, 2.45) is 5.41 Å². The molecule has 0 radical (unpaired) electrons. The fourth-order valence-electron chi connectivity index (χ4n) is 2.57. The van der Waals surface area contributed by atoms with Crippen LogP contribution in [0, 0.1) is 5.41 Å². The lowest BCUT2D eigenvalue weighted by Crippen LogP contribution is -2.45. The minimum absolute atomic E-state index is 0.370. The number of hydrogen-bond acceptors (Lipinski definition) is 3. The minimum Gasteiger partial charge on any atom is -0.381 e. The average molecular weight is 242 g/mol. The lowest BCUT2D eigenvalue weighted by atomic mass is 9.91. The summed E-state index contributed by atoms with van der Waals surface area (Å²) in [5.74, 6) is 0. The van der Waals surface area contributed by atoms with Crippen LogP contribution >= 0.6 is 0 Å². The van der Waals surface area contributed by atoms with E-state index in [0.717, 1.165) is 13.1 Å². The summed E-state index contributed by atoms with van der Waals surface area (Å²) in [6.07, 6.45) is 4.09. The maximum atomic E-state index is 5.41. The molecule has 1 fully saturated rings. The van der Waals surface area contributed by atoms with E-state index in [9.17, 15) is 0 Å². The molecule has 0 atom stereocenters. The molecule has 1 N–H and O–H groups in total. The molecule has 0 spiro atoms. The van der Waals surface area contributed by atoms with Gasteiger partial charge < -0.3 is 15.0 Å². The van der Waals surface area contributed by atoms with E-state index >= 15 is 0 Å². The zero-order chi connectivity index (χ0) is 12.7. The van der Waals surface area contributed by atoms with Crippen molar-refractivity contribution in [1.82, 2.24) is 10.2 Å². The van der Waals surface area contributed by atoms with Gasteiger partial charge >= 0.3 is 0 Å². The first-order chi connectivity index (χ1) is 8.07. The summed E-state index contributed by atoms with van der Waals surface area (Å²) in [6.45, 7) is 12.8. The molecular weight excluding hydrogens is 212 g/mol. The Morgan fingerprint density at radius 2 is 1.94 bits per heavy atom. The monoisotopic (exact) mass is 242 g/mol. The van der Waals surface area contributed by atoms with Gasteiger partial charge in [0.25, 0.3) is 0 Å². The normalized spacial score (nSPS) is 19.8. The number of rotatable bonds is 7. The summed E-state index contributed by atoms with van der Waals surface area (Å²) < 4.78 is 5.41. The van der Waals surface area contributed by atoms with Crippen LogP contribution in [-0.2, 0) is 4.74 Å². The first-order valence-corrected chi connectivity index (χ1v) is 7.03. The van der Waals surface area contributed by atoms with E-state index in [1.165, 1.54) is 38.9 Å². The molecule has 1 saturated heterocycles. The van der Waals surface area contributed by atoms with Crippen molar-refractivity contribution in [3.05, 3.63) is 0 Å². The van der Waals surface area contributed by atoms with Gasteiger partial charge in [0.05, 0.1) is 6.10 Å². The van der Waals surface area contributed by atoms with Gasteiger partial charge in [-0.05, 0) is 31.2 Å². The number of likely N-dealkylation sites (tertiary alicyclic amines) is 1. The van der Waals surface area contributed by atoms with E-state index < -0.39 is 0 Å². The van der Waals surface area contributed by atoms with Gasteiger partial charge in [-0.1, -0.05) is 20.8 Å². The molecule has 0 aliphatic carbocycles. The first kappa shape index (κ1) is 14.9. The molecule has 0 bridgehead atoms. The summed E-state index contributed by atoms with van der Waals surface area (Å²) in [6, 6.07) is 0. The second-order valence-electron chi connectivity index (χ2n) is 6.05.